The van der Waals surface area contributed by atoms with Crippen LogP contribution >= 0.6 is 0 Å². The van der Waals surface area contributed by atoms with Crippen molar-refractivity contribution in [2.45, 2.75) is 38.3 Å². The summed E-state index contributed by atoms with van der Waals surface area (Å²) < 4.78 is 6.70. The van der Waals surface area contributed by atoms with Gasteiger partial charge in [-0.05, 0) is 26.2 Å². The van der Waals surface area contributed by atoms with Gasteiger partial charge in [0.05, 0.1) is 0 Å². The molecule has 1 saturated heterocycles. The summed E-state index contributed by atoms with van der Waals surface area (Å²) in [7, 11) is 3.49. The number of methoxy groups -OCH3 is 1. The van der Waals surface area contributed by atoms with Gasteiger partial charge in [-0.3, -0.25) is 4.79 Å². The van der Waals surface area contributed by atoms with E-state index in [-0.39, 0.29) is 5.56 Å². The number of aryl methyl sites for hydroxylation is 1. The summed E-state index contributed by atoms with van der Waals surface area (Å²) in [6.45, 7) is 4.68. The van der Waals surface area contributed by atoms with Gasteiger partial charge in [0.25, 0.3) is 5.56 Å². The van der Waals surface area contributed by atoms with E-state index < -0.39 is 0 Å². The van der Waals surface area contributed by atoms with E-state index in [0.717, 1.165) is 39.0 Å². The smallest absolute Gasteiger partial charge is 0.293 e. The summed E-state index contributed by atoms with van der Waals surface area (Å²) in [4.78, 5) is 18.5. The van der Waals surface area contributed by atoms with E-state index in [0.29, 0.717) is 17.9 Å². The van der Waals surface area contributed by atoms with E-state index in [1.54, 1.807) is 31.1 Å². The Hall–Kier alpha value is -1.40. The molecule has 1 fully saturated rings. The van der Waals surface area contributed by atoms with Crippen LogP contribution in [-0.4, -0.2) is 48.4 Å². The molecule has 2 atom stereocenters. The molecule has 1 aromatic heterocycles. The Kier molecular flexibility index (Phi) is 5.76. The van der Waals surface area contributed by atoms with Crippen LogP contribution in [0.2, 0.25) is 0 Å². The van der Waals surface area contributed by atoms with Crippen LogP contribution in [0.5, 0.6) is 0 Å². The number of anilines is 1. The SMILES string of the molecule is COCC[C@H](C)N[C@@H]1CCCN(c2nccn(C)c2=O)C1. The topological polar surface area (TPSA) is 59.4 Å². The van der Waals surface area contributed by atoms with Gasteiger partial charge in [0.2, 0.25) is 0 Å². The van der Waals surface area contributed by atoms with Crippen LogP contribution in [0.1, 0.15) is 26.2 Å². The highest BCUT2D eigenvalue weighted by molar-refractivity contribution is 5.36. The van der Waals surface area contributed by atoms with Gasteiger partial charge in [0, 0.05) is 58.3 Å². The lowest BCUT2D eigenvalue weighted by Crippen LogP contribution is -2.50. The fourth-order valence-electron chi connectivity index (χ4n) is 2.79. The molecule has 6 heteroatoms. The molecule has 0 radical (unpaired) electrons. The normalized spacial score (nSPS) is 20.5. The Morgan fingerprint density at radius 1 is 1.57 bits per heavy atom. The van der Waals surface area contributed by atoms with E-state index >= 15 is 0 Å². The monoisotopic (exact) mass is 294 g/mol. The zero-order valence-corrected chi connectivity index (χ0v) is 13.2. The maximum absolute atomic E-state index is 12.2. The first kappa shape index (κ1) is 16.0. The van der Waals surface area contributed by atoms with E-state index in [4.69, 9.17) is 4.74 Å². The molecule has 6 nitrogen and oxygen atoms in total. The lowest BCUT2D eigenvalue weighted by atomic mass is 10.0. The van der Waals surface area contributed by atoms with Gasteiger partial charge in [-0.25, -0.2) is 4.98 Å². The molecule has 0 spiro atoms. The summed E-state index contributed by atoms with van der Waals surface area (Å²) in [5, 5.41) is 3.63. The largest absolute Gasteiger partial charge is 0.385 e. The predicted molar refractivity (Wildman–Crippen MR) is 83.8 cm³/mol. The number of hydrogen-bond donors (Lipinski definition) is 1. The molecule has 0 amide bonds. The number of nitrogens with one attached hydrogen (secondary N) is 1. The van der Waals surface area contributed by atoms with Crippen molar-refractivity contribution in [2.75, 3.05) is 31.7 Å². The number of hydrogen-bond acceptors (Lipinski definition) is 5. The van der Waals surface area contributed by atoms with Gasteiger partial charge in [-0.2, -0.15) is 0 Å². The first-order valence-corrected chi connectivity index (χ1v) is 7.63. The lowest BCUT2D eigenvalue weighted by Gasteiger charge is -2.35. The van der Waals surface area contributed by atoms with Crippen molar-refractivity contribution in [1.82, 2.24) is 14.9 Å². The molecule has 2 rings (SSSR count). The van der Waals surface area contributed by atoms with Gasteiger partial charge >= 0.3 is 0 Å². The first-order valence-electron chi connectivity index (χ1n) is 7.63. The van der Waals surface area contributed by atoms with Crippen LogP contribution in [0.4, 0.5) is 5.82 Å². The Balaban J connectivity index is 1.97. The van der Waals surface area contributed by atoms with Crippen molar-refractivity contribution in [3.63, 3.8) is 0 Å². The molecule has 21 heavy (non-hydrogen) atoms. The molecule has 0 unspecified atom stereocenters. The van der Waals surface area contributed by atoms with Crippen LogP contribution in [0, 0.1) is 0 Å². The number of rotatable bonds is 6. The summed E-state index contributed by atoms with van der Waals surface area (Å²) in [5.41, 5.74) is -0.0226. The van der Waals surface area contributed by atoms with Gasteiger partial charge in [0.1, 0.15) is 0 Å². The zero-order chi connectivity index (χ0) is 15.2. The minimum absolute atomic E-state index is 0.0226. The van der Waals surface area contributed by atoms with Crippen molar-refractivity contribution in [3.8, 4) is 0 Å². The average molecular weight is 294 g/mol. The van der Waals surface area contributed by atoms with E-state index in [1.807, 2.05) is 0 Å². The van der Waals surface area contributed by atoms with Gasteiger partial charge in [-0.1, -0.05) is 0 Å². The fraction of sp³-hybridized carbons (Fsp3) is 0.733. The standard InChI is InChI=1S/C15H26N4O2/c1-12(6-10-21-3)17-13-5-4-8-19(11-13)14-15(20)18(2)9-7-16-14/h7,9,12-13,17H,4-6,8,10-11H2,1-3H3/t12-,13+/m0/s1. The van der Waals surface area contributed by atoms with Gasteiger partial charge in [-0.15, -0.1) is 0 Å². The van der Waals surface area contributed by atoms with E-state index in [1.165, 1.54) is 0 Å². The van der Waals surface area contributed by atoms with E-state index in [2.05, 4.69) is 22.1 Å². The van der Waals surface area contributed by atoms with Crippen LogP contribution in [-0.2, 0) is 11.8 Å². The third-order valence-corrected chi connectivity index (χ3v) is 3.99. The van der Waals surface area contributed by atoms with Gasteiger partial charge < -0.3 is 19.5 Å². The maximum atomic E-state index is 12.2. The van der Waals surface area contributed by atoms with Crippen LogP contribution in [0.3, 0.4) is 0 Å². The molecule has 0 aliphatic carbocycles. The van der Waals surface area contributed by atoms with Crippen LogP contribution in [0.15, 0.2) is 17.2 Å². The van der Waals surface area contributed by atoms with Crippen molar-refractivity contribution in [3.05, 3.63) is 22.7 Å². The third-order valence-electron chi connectivity index (χ3n) is 3.99. The second kappa shape index (κ2) is 7.56. The second-order valence-electron chi connectivity index (χ2n) is 5.80. The zero-order valence-electron chi connectivity index (χ0n) is 13.2. The molecular formula is C15H26N4O2. The quantitative estimate of drug-likeness (QED) is 0.839. The van der Waals surface area contributed by atoms with Crippen molar-refractivity contribution >= 4 is 5.82 Å². The highest BCUT2D eigenvalue weighted by Gasteiger charge is 2.23. The average Bonchev–Trinajstić information content (AvgIpc) is 2.48. The lowest BCUT2D eigenvalue weighted by molar-refractivity contribution is 0.181. The molecule has 1 aliphatic heterocycles. The highest BCUT2D eigenvalue weighted by Crippen LogP contribution is 2.15. The molecule has 2 heterocycles. The number of ether oxygens (including phenoxy) is 1. The fourth-order valence-corrected chi connectivity index (χ4v) is 2.79. The summed E-state index contributed by atoms with van der Waals surface area (Å²) in [6.07, 6.45) is 6.60. The minimum atomic E-state index is -0.0226. The molecular weight excluding hydrogens is 268 g/mol. The summed E-state index contributed by atoms with van der Waals surface area (Å²) in [5.74, 6) is 0.566. The van der Waals surface area contributed by atoms with Crippen LogP contribution < -0.4 is 15.8 Å². The van der Waals surface area contributed by atoms with Crippen molar-refractivity contribution < 1.29 is 4.74 Å². The third kappa shape index (κ3) is 4.28. The Morgan fingerprint density at radius 3 is 3.14 bits per heavy atom. The van der Waals surface area contributed by atoms with Crippen LogP contribution in [0.25, 0.3) is 0 Å². The number of piperidine rings is 1. The summed E-state index contributed by atoms with van der Waals surface area (Å²) in [6, 6.07) is 0.818. The van der Waals surface area contributed by atoms with E-state index in [9.17, 15) is 4.79 Å². The Morgan fingerprint density at radius 2 is 2.38 bits per heavy atom. The summed E-state index contributed by atoms with van der Waals surface area (Å²) >= 11 is 0. The number of nitrogens with zero attached hydrogens (tertiary/aromatic N) is 3. The maximum Gasteiger partial charge on any atom is 0.293 e. The highest BCUT2D eigenvalue weighted by atomic mass is 16.5. The van der Waals surface area contributed by atoms with Gasteiger partial charge in [0.15, 0.2) is 5.82 Å². The second-order valence-corrected chi connectivity index (χ2v) is 5.80. The molecule has 1 aliphatic rings. The predicted octanol–water partition coefficient (Wildman–Crippen LogP) is 0.764. The molecule has 0 bridgehead atoms. The molecule has 1 aromatic rings. The Bertz CT molecular complexity index is 503. The minimum Gasteiger partial charge on any atom is -0.385 e. The Labute approximate surface area is 126 Å². The van der Waals surface area contributed by atoms with Crippen molar-refractivity contribution in [2.24, 2.45) is 7.05 Å². The molecule has 0 aromatic carbocycles. The molecule has 118 valence electrons. The van der Waals surface area contributed by atoms with Crippen molar-refractivity contribution in [1.29, 1.82) is 0 Å². The number of aromatic nitrogens is 2. The molecule has 0 saturated carbocycles. The first-order chi connectivity index (χ1) is 10.1. The molecule has 1 N–H and O–H groups in total.